The van der Waals surface area contributed by atoms with Crippen LogP contribution in [0.5, 0.6) is 0 Å². The summed E-state index contributed by atoms with van der Waals surface area (Å²) in [5, 5.41) is 3.57. The van der Waals surface area contributed by atoms with Gasteiger partial charge in [0.05, 0.1) is 12.6 Å². The molecule has 1 atom stereocenters. The molecule has 4 aromatic rings. The Labute approximate surface area is 218 Å². The molecule has 7 nitrogen and oxygen atoms in total. The number of halogens is 2. The van der Waals surface area contributed by atoms with Gasteiger partial charge < -0.3 is 19.9 Å². The SMILES string of the molecule is CCc1[nH]c2ccc(C(=O)NC3CN(C(=O)OCc4ccccc4)CC(F)(F)C3)cc2c1-c1ccncc1. The van der Waals surface area contributed by atoms with E-state index >= 15 is 0 Å². The van der Waals surface area contributed by atoms with Crippen molar-refractivity contribution < 1.29 is 23.1 Å². The highest BCUT2D eigenvalue weighted by molar-refractivity contribution is 6.03. The molecule has 1 fully saturated rings. The number of aromatic nitrogens is 2. The summed E-state index contributed by atoms with van der Waals surface area (Å²) in [5.74, 6) is -3.64. The number of H-pyrrole nitrogens is 1. The molecule has 1 aliphatic rings. The van der Waals surface area contributed by atoms with Gasteiger partial charge in [-0.15, -0.1) is 0 Å². The van der Waals surface area contributed by atoms with E-state index in [9.17, 15) is 18.4 Å². The second-order valence-electron chi connectivity index (χ2n) is 9.48. The number of pyridine rings is 1. The molecule has 3 heterocycles. The molecule has 2 amide bonds. The van der Waals surface area contributed by atoms with Crippen molar-refractivity contribution in [2.45, 2.75) is 38.3 Å². The summed E-state index contributed by atoms with van der Waals surface area (Å²) in [6, 6.07) is 17.1. The third-order valence-corrected chi connectivity index (χ3v) is 6.67. The number of alkyl halides is 2. The summed E-state index contributed by atoms with van der Waals surface area (Å²) in [6.45, 7) is 1.21. The fraction of sp³-hybridized carbons (Fsp3) is 0.276. The minimum Gasteiger partial charge on any atom is -0.445 e. The number of carbonyl (C=O) groups excluding carboxylic acids is 2. The number of nitrogens with one attached hydrogen (secondary N) is 2. The van der Waals surface area contributed by atoms with Crippen LogP contribution in [0.1, 0.15) is 35.0 Å². The van der Waals surface area contributed by atoms with Crippen LogP contribution in [0.2, 0.25) is 0 Å². The molecule has 2 aromatic heterocycles. The van der Waals surface area contributed by atoms with E-state index in [0.29, 0.717) is 5.56 Å². The van der Waals surface area contributed by atoms with E-state index in [0.717, 1.165) is 44.6 Å². The molecular weight excluding hydrogens is 490 g/mol. The minimum atomic E-state index is -3.16. The van der Waals surface area contributed by atoms with Crippen molar-refractivity contribution in [2.24, 2.45) is 0 Å². The number of ether oxygens (including phenoxy) is 1. The molecule has 0 radical (unpaired) electrons. The van der Waals surface area contributed by atoms with Gasteiger partial charge in [0.15, 0.2) is 0 Å². The first-order valence-electron chi connectivity index (χ1n) is 12.5. The van der Waals surface area contributed by atoms with Crippen LogP contribution < -0.4 is 5.32 Å². The van der Waals surface area contributed by atoms with Crippen molar-refractivity contribution in [3.63, 3.8) is 0 Å². The van der Waals surface area contributed by atoms with Crippen LogP contribution in [0.3, 0.4) is 0 Å². The predicted molar refractivity (Wildman–Crippen MR) is 140 cm³/mol. The van der Waals surface area contributed by atoms with Crippen LogP contribution in [0.25, 0.3) is 22.0 Å². The molecule has 0 saturated carbocycles. The monoisotopic (exact) mass is 518 g/mol. The normalized spacial score (nSPS) is 16.8. The van der Waals surface area contributed by atoms with E-state index in [2.05, 4.69) is 15.3 Å². The minimum absolute atomic E-state index is 0.0188. The summed E-state index contributed by atoms with van der Waals surface area (Å²) in [7, 11) is 0. The summed E-state index contributed by atoms with van der Waals surface area (Å²) in [5.41, 5.74) is 4.96. The Morgan fingerprint density at radius 3 is 2.63 bits per heavy atom. The van der Waals surface area contributed by atoms with Crippen molar-refractivity contribution >= 4 is 22.9 Å². The largest absolute Gasteiger partial charge is 0.445 e. The third-order valence-electron chi connectivity index (χ3n) is 6.67. The van der Waals surface area contributed by atoms with Gasteiger partial charge in [-0.1, -0.05) is 37.3 Å². The maximum atomic E-state index is 14.6. The molecule has 5 rings (SSSR count). The zero-order valence-corrected chi connectivity index (χ0v) is 20.9. The predicted octanol–water partition coefficient (Wildman–Crippen LogP) is 5.57. The Morgan fingerprint density at radius 2 is 1.89 bits per heavy atom. The molecule has 0 bridgehead atoms. The van der Waals surface area contributed by atoms with Crippen LogP contribution in [-0.2, 0) is 17.8 Å². The van der Waals surface area contributed by atoms with Crippen molar-refractivity contribution in [3.8, 4) is 11.1 Å². The second-order valence-corrected chi connectivity index (χ2v) is 9.48. The first kappa shape index (κ1) is 25.4. The van der Waals surface area contributed by atoms with Crippen molar-refractivity contribution in [3.05, 3.63) is 89.9 Å². The maximum absolute atomic E-state index is 14.6. The van der Waals surface area contributed by atoms with Crippen LogP contribution >= 0.6 is 0 Å². The quantitative estimate of drug-likeness (QED) is 0.350. The number of hydrogen-bond acceptors (Lipinski definition) is 4. The van der Waals surface area contributed by atoms with Gasteiger partial charge in [-0.3, -0.25) is 9.78 Å². The molecule has 38 heavy (non-hydrogen) atoms. The van der Waals surface area contributed by atoms with E-state index in [-0.39, 0.29) is 13.2 Å². The van der Waals surface area contributed by atoms with Gasteiger partial charge in [0.1, 0.15) is 6.61 Å². The van der Waals surface area contributed by atoms with E-state index in [1.807, 2.05) is 31.2 Å². The lowest BCUT2D eigenvalue weighted by molar-refractivity contribution is -0.0705. The number of aryl methyl sites for hydroxylation is 1. The lowest BCUT2D eigenvalue weighted by atomic mass is 9.99. The molecule has 0 spiro atoms. The summed E-state index contributed by atoms with van der Waals surface area (Å²) < 4.78 is 34.4. The molecule has 1 unspecified atom stereocenters. The van der Waals surface area contributed by atoms with Gasteiger partial charge in [-0.25, -0.2) is 13.6 Å². The number of aromatic amines is 1. The van der Waals surface area contributed by atoms with Gasteiger partial charge >= 0.3 is 6.09 Å². The van der Waals surface area contributed by atoms with E-state index in [1.54, 1.807) is 48.8 Å². The number of piperidine rings is 1. The molecule has 2 aromatic carbocycles. The van der Waals surface area contributed by atoms with Crippen LogP contribution in [0.15, 0.2) is 73.1 Å². The topological polar surface area (TPSA) is 87.3 Å². The molecular formula is C29H28F2N4O3. The standard InChI is InChI=1S/C29H28F2N4O3/c1-2-24-26(20-10-12-32-13-11-20)23-14-21(8-9-25(23)34-24)27(36)33-22-15-29(30,31)18-35(16-22)28(37)38-17-19-6-4-3-5-7-19/h3-14,22,34H,2,15-18H2,1H3,(H,33,36). The average molecular weight is 519 g/mol. The molecule has 0 aliphatic carbocycles. The van der Waals surface area contributed by atoms with Gasteiger partial charge in [0, 0.05) is 53.1 Å². The maximum Gasteiger partial charge on any atom is 0.410 e. The Balaban J connectivity index is 1.32. The Kier molecular flexibility index (Phi) is 7.09. The number of likely N-dealkylation sites (tertiary alicyclic amines) is 1. The second kappa shape index (κ2) is 10.6. The first-order chi connectivity index (χ1) is 18.3. The van der Waals surface area contributed by atoms with Gasteiger partial charge in [-0.05, 0) is 47.9 Å². The van der Waals surface area contributed by atoms with E-state index < -0.39 is 36.9 Å². The van der Waals surface area contributed by atoms with Crippen LogP contribution in [0, 0.1) is 0 Å². The van der Waals surface area contributed by atoms with Crippen molar-refractivity contribution in [2.75, 3.05) is 13.1 Å². The van der Waals surface area contributed by atoms with Gasteiger partial charge in [0.25, 0.3) is 11.8 Å². The molecule has 2 N–H and O–H groups in total. The molecule has 1 aliphatic heterocycles. The van der Waals surface area contributed by atoms with Crippen molar-refractivity contribution in [1.82, 2.24) is 20.2 Å². The van der Waals surface area contributed by atoms with E-state index in [1.165, 1.54) is 0 Å². The highest BCUT2D eigenvalue weighted by Crippen LogP contribution is 2.33. The zero-order chi connectivity index (χ0) is 26.7. The molecule has 196 valence electrons. The fourth-order valence-electron chi connectivity index (χ4n) is 4.92. The molecule has 1 saturated heterocycles. The highest BCUT2D eigenvalue weighted by atomic mass is 19.3. The first-order valence-corrected chi connectivity index (χ1v) is 12.5. The van der Waals surface area contributed by atoms with Crippen LogP contribution in [0.4, 0.5) is 13.6 Å². The number of carbonyl (C=O) groups is 2. The smallest absolute Gasteiger partial charge is 0.410 e. The zero-order valence-electron chi connectivity index (χ0n) is 20.9. The molecule has 9 heteroatoms. The average Bonchev–Trinajstić information content (AvgIpc) is 3.30. The number of fused-ring (bicyclic) bond motifs is 1. The highest BCUT2D eigenvalue weighted by Gasteiger charge is 2.43. The summed E-state index contributed by atoms with van der Waals surface area (Å²) in [4.78, 5) is 34.2. The van der Waals surface area contributed by atoms with Crippen molar-refractivity contribution in [1.29, 1.82) is 0 Å². The summed E-state index contributed by atoms with van der Waals surface area (Å²) >= 11 is 0. The third kappa shape index (κ3) is 5.51. The van der Waals surface area contributed by atoms with Gasteiger partial charge in [-0.2, -0.15) is 0 Å². The lowest BCUT2D eigenvalue weighted by Crippen LogP contribution is -2.56. The number of nitrogens with zero attached hydrogens (tertiary/aromatic N) is 2. The Morgan fingerprint density at radius 1 is 1.13 bits per heavy atom. The Hall–Kier alpha value is -4.27. The fourth-order valence-corrected chi connectivity index (χ4v) is 4.92. The van der Waals surface area contributed by atoms with Crippen LogP contribution in [-0.4, -0.2) is 51.9 Å². The lowest BCUT2D eigenvalue weighted by Gasteiger charge is -2.37. The number of rotatable bonds is 6. The number of benzene rings is 2. The van der Waals surface area contributed by atoms with Gasteiger partial charge in [0.2, 0.25) is 0 Å². The Bertz CT molecular complexity index is 1440. The summed E-state index contributed by atoms with van der Waals surface area (Å²) in [6.07, 6.45) is 2.79. The number of hydrogen-bond donors (Lipinski definition) is 2. The van der Waals surface area contributed by atoms with E-state index in [4.69, 9.17) is 4.74 Å². The number of amides is 2.